The van der Waals surface area contributed by atoms with Crippen LogP contribution in [0.25, 0.3) is 0 Å². The van der Waals surface area contributed by atoms with Gasteiger partial charge in [-0.1, -0.05) is 12.1 Å². The number of hydrogen-bond acceptors (Lipinski definition) is 5. The SMILES string of the molecule is O=C(CCNC(=O)c1cccs1)NCC(c1cccs1)N1CCCC1. The lowest BCUT2D eigenvalue weighted by molar-refractivity contribution is -0.121. The highest BCUT2D eigenvalue weighted by Gasteiger charge is 2.24. The first-order chi connectivity index (χ1) is 12.2. The average Bonchev–Trinajstić information content (AvgIpc) is 3.37. The Bertz CT molecular complexity index is 665. The van der Waals surface area contributed by atoms with Crippen LogP contribution in [0.15, 0.2) is 35.0 Å². The van der Waals surface area contributed by atoms with Crippen LogP contribution in [0.4, 0.5) is 0 Å². The molecule has 5 nitrogen and oxygen atoms in total. The van der Waals surface area contributed by atoms with E-state index in [1.165, 1.54) is 29.1 Å². The van der Waals surface area contributed by atoms with Gasteiger partial charge in [0.25, 0.3) is 5.91 Å². The molecule has 1 fully saturated rings. The summed E-state index contributed by atoms with van der Waals surface area (Å²) in [6, 6.07) is 8.08. The molecular weight excluding hydrogens is 354 g/mol. The van der Waals surface area contributed by atoms with Crippen molar-refractivity contribution in [3.8, 4) is 0 Å². The van der Waals surface area contributed by atoms with E-state index in [-0.39, 0.29) is 17.9 Å². The predicted molar refractivity (Wildman–Crippen MR) is 102 cm³/mol. The summed E-state index contributed by atoms with van der Waals surface area (Å²) in [5, 5.41) is 9.77. The van der Waals surface area contributed by atoms with Gasteiger partial charge in [0.05, 0.1) is 10.9 Å². The molecular formula is C18H23N3O2S2. The molecule has 0 spiro atoms. The van der Waals surface area contributed by atoms with Crippen molar-refractivity contribution in [2.24, 2.45) is 0 Å². The van der Waals surface area contributed by atoms with Crippen LogP contribution in [0.1, 0.15) is 39.9 Å². The highest BCUT2D eigenvalue weighted by atomic mass is 32.1. The summed E-state index contributed by atoms with van der Waals surface area (Å²) in [7, 11) is 0. The van der Waals surface area contributed by atoms with E-state index < -0.39 is 0 Å². The van der Waals surface area contributed by atoms with Gasteiger partial charge in [0.15, 0.2) is 0 Å². The van der Waals surface area contributed by atoms with Gasteiger partial charge < -0.3 is 10.6 Å². The first-order valence-electron chi connectivity index (χ1n) is 8.60. The third kappa shape index (κ3) is 5.14. The van der Waals surface area contributed by atoms with Crippen LogP contribution in [0.3, 0.4) is 0 Å². The van der Waals surface area contributed by atoms with Crippen molar-refractivity contribution in [1.29, 1.82) is 0 Å². The number of rotatable bonds is 8. The van der Waals surface area contributed by atoms with E-state index >= 15 is 0 Å². The Morgan fingerprint density at radius 2 is 1.84 bits per heavy atom. The fourth-order valence-electron chi connectivity index (χ4n) is 3.03. The first kappa shape index (κ1) is 18.1. The van der Waals surface area contributed by atoms with Crippen LogP contribution in [-0.4, -0.2) is 42.9 Å². The van der Waals surface area contributed by atoms with Gasteiger partial charge in [-0.3, -0.25) is 14.5 Å². The Morgan fingerprint density at radius 1 is 1.08 bits per heavy atom. The van der Waals surface area contributed by atoms with Crippen LogP contribution < -0.4 is 10.6 Å². The fraction of sp³-hybridized carbons (Fsp3) is 0.444. The predicted octanol–water partition coefficient (Wildman–Crippen LogP) is 2.88. The summed E-state index contributed by atoms with van der Waals surface area (Å²) < 4.78 is 0. The van der Waals surface area contributed by atoms with Crippen molar-refractivity contribution in [2.45, 2.75) is 25.3 Å². The molecule has 1 saturated heterocycles. The minimum absolute atomic E-state index is 0.0211. The Labute approximate surface area is 156 Å². The number of nitrogens with one attached hydrogen (secondary N) is 2. The molecule has 3 heterocycles. The second kappa shape index (κ2) is 9.12. The summed E-state index contributed by atoms with van der Waals surface area (Å²) in [6.45, 7) is 3.17. The summed E-state index contributed by atoms with van der Waals surface area (Å²) in [5.74, 6) is -0.136. The Hall–Kier alpha value is -1.70. The fourth-order valence-corrected chi connectivity index (χ4v) is 4.53. The molecule has 0 bridgehead atoms. The Morgan fingerprint density at radius 3 is 2.52 bits per heavy atom. The molecule has 7 heteroatoms. The van der Waals surface area contributed by atoms with Gasteiger partial charge in [0.2, 0.25) is 5.91 Å². The van der Waals surface area contributed by atoms with Gasteiger partial charge in [-0.2, -0.15) is 0 Å². The third-order valence-electron chi connectivity index (χ3n) is 4.33. The minimum atomic E-state index is -0.115. The van der Waals surface area contributed by atoms with Crippen molar-refractivity contribution in [2.75, 3.05) is 26.2 Å². The number of thiophene rings is 2. The third-order valence-corrected chi connectivity index (χ3v) is 6.17. The van der Waals surface area contributed by atoms with Gasteiger partial charge >= 0.3 is 0 Å². The molecule has 2 aromatic heterocycles. The summed E-state index contributed by atoms with van der Waals surface area (Å²) in [5.41, 5.74) is 0. The Kier molecular flexibility index (Phi) is 6.61. The highest BCUT2D eigenvalue weighted by molar-refractivity contribution is 7.12. The lowest BCUT2D eigenvalue weighted by Crippen LogP contribution is -2.37. The van der Waals surface area contributed by atoms with Crippen molar-refractivity contribution in [1.82, 2.24) is 15.5 Å². The van der Waals surface area contributed by atoms with Crippen LogP contribution >= 0.6 is 22.7 Å². The number of carbonyl (C=O) groups is 2. The van der Waals surface area contributed by atoms with E-state index in [2.05, 4.69) is 33.0 Å². The van der Waals surface area contributed by atoms with Crippen LogP contribution in [0, 0.1) is 0 Å². The van der Waals surface area contributed by atoms with E-state index in [4.69, 9.17) is 0 Å². The van der Waals surface area contributed by atoms with Crippen LogP contribution in [0.5, 0.6) is 0 Å². The zero-order chi connectivity index (χ0) is 17.5. The molecule has 0 radical (unpaired) electrons. The summed E-state index contributed by atoms with van der Waals surface area (Å²) >= 11 is 3.14. The molecule has 1 atom stereocenters. The second-order valence-corrected chi connectivity index (χ2v) is 7.99. The monoisotopic (exact) mass is 377 g/mol. The second-order valence-electron chi connectivity index (χ2n) is 6.06. The molecule has 2 aromatic rings. The molecule has 1 aliphatic heterocycles. The first-order valence-corrected chi connectivity index (χ1v) is 10.4. The molecule has 0 aliphatic carbocycles. The van der Waals surface area contributed by atoms with Crippen molar-refractivity contribution >= 4 is 34.5 Å². The van der Waals surface area contributed by atoms with E-state index in [0.29, 0.717) is 24.4 Å². The smallest absolute Gasteiger partial charge is 0.261 e. The number of amides is 2. The molecule has 0 aromatic carbocycles. The number of hydrogen-bond donors (Lipinski definition) is 2. The maximum Gasteiger partial charge on any atom is 0.261 e. The van der Waals surface area contributed by atoms with Gasteiger partial charge in [-0.05, 0) is 48.8 Å². The Balaban J connectivity index is 1.43. The molecule has 0 saturated carbocycles. The largest absolute Gasteiger partial charge is 0.354 e. The van der Waals surface area contributed by atoms with Crippen LogP contribution in [-0.2, 0) is 4.79 Å². The molecule has 134 valence electrons. The number of likely N-dealkylation sites (tertiary alicyclic amines) is 1. The molecule has 2 N–H and O–H groups in total. The van der Waals surface area contributed by atoms with Crippen molar-refractivity contribution < 1.29 is 9.59 Å². The maximum atomic E-state index is 12.1. The minimum Gasteiger partial charge on any atom is -0.354 e. The van der Waals surface area contributed by atoms with Crippen LogP contribution in [0.2, 0.25) is 0 Å². The lowest BCUT2D eigenvalue weighted by Gasteiger charge is -2.26. The topological polar surface area (TPSA) is 61.4 Å². The lowest BCUT2D eigenvalue weighted by atomic mass is 10.2. The van der Waals surface area contributed by atoms with E-state index in [1.54, 1.807) is 17.4 Å². The zero-order valence-corrected chi connectivity index (χ0v) is 15.7. The van der Waals surface area contributed by atoms with E-state index in [1.807, 2.05) is 11.4 Å². The highest BCUT2D eigenvalue weighted by Crippen LogP contribution is 2.27. The quantitative estimate of drug-likeness (QED) is 0.744. The van der Waals surface area contributed by atoms with E-state index in [9.17, 15) is 9.59 Å². The molecule has 1 aliphatic rings. The summed E-state index contributed by atoms with van der Waals surface area (Å²) in [4.78, 5) is 28.4. The number of nitrogens with zero attached hydrogens (tertiary/aromatic N) is 1. The standard InChI is InChI=1S/C18H23N3O2S2/c22-17(7-8-19-18(23)16-6-4-12-25-16)20-13-14(15-5-3-11-24-15)21-9-1-2-10-21/h3-6,11-12,14H,1-2,7-10,13H2,(H,19,23)(H,20,22). The molecule has 2 amide bonds. The molecule has 3 rings (SSSR count). The molecule has 1 unspecified atom stereocenters. The van der Waals surface area contributed by atoms with Crippen molar-refractivity contribution in [3.63, 3.8) is 0 Å². The summed E-state index contributed by atoms with van der Waals surface area (Å²) in [6.07, 6.45) is 2.75. The van der Waals surface area contributed by atoms with Gasteiger partial charge in [-0.15, -0.1) is 22.7 Å². The maximum absolute atomic E-state index is 12.1. The zero-order valence-electron chi connectivity index (χ0n) is 14.1. The normalized spacial score (nSPS) is 15.8. The van der Waals surface area contributed by atoms with Crippen molar-refractivity contribution in [3.05, 3.63) is 44.8 Å². The average molecular weight is 378 g/mol. The van der Waals surface area contributed by atoms with Gasteiger partial charge in [-0.25, -0.2) is 0 Å². The number of carbonyl (C=O) groups excluding carboxylic acids is 2. The van der Waals surface area contributed by atoms with Gasteiger partial charge in [0, 0.05) is 24.4 Å². The van der Waals surface area contributed by atoms with E-state index in [0.717, 1.165) is 13.1 Å². The molecule has 25 heavy (non-hydrogen) atoms. The van der Waals surface area contributed by atoms with Gasteiger partial charge in [0.1, 0.15) is 0 Å².